The van der Waals surface area contributed by atoms with Crippen molar-refractivity contribution in [2.24, 2.45) is 4.99 Å². The van der Waals surface area contributed by atoms with Crippen LogP contribution in [0.4, 0.5) is 0 Å². The number of aromatic nitrogens is 2. The lowest BCUT2D eigenvalue weighted by Crippen LogP contribution is -2.40. The summed E-state index contributed by atoms with van der Waals surface area (Å²) < 4.78 is 9.58. The van der Waals surface area contributed by atoms with Gasteiger partial charge in [0.15, 0.2) is 4.80 Å². The standard InChI is InChI=1S/C33H28ClN3O3S/c1-4-26-29(32(39)40-3)30(21-12-6-5-7-13-21)37-31(38)28(41-33(37)35-26)18-24-20(2)36(27-17-11-9-15-23(24)27)19-22-14-8-10-16-25(22)34/h5-18,30H,4,19H2,1-3H3/b28-18+/t30-/m0/s1. The van der Waals surface area contributed by atoms with Crippen LogP contribution >= 0.6 is 22.9 Å². The first-order valence-corrected chi connectivity index (χ1v) is 14.6. The predicted molar refractivity (Wildman–Crippen MR) is 164 cm³/mol. The molecule has 2 aromatic heterocycles. The quantitative estimate of drug-likeness (QED) is 0.239. The van der Waals surface area contributed by atoms with Crippen molar-refractivity contribution in [1.29, 1.82) is 0 Å². The number of para-hydroxylation sites is 1. The molecule has 0 amide bonds. The third-order valence-electron chi connectivity index (χ3n) is 7.61. The lowest BCUT2D eigenvalue weighted by atomic mass is 9.95. The van der Waals surface area contributed by atoms with Crippen molar-refractivity contribution < 1.29 is 9.53 Å². The van der Waals surface area contributed by atoms with E-state index in [1.165, 1.54) is 18.4 Å². The Morgan fingerprint density at radius 2 is 1.76 bits per heavy atom. The summed E-state index contributed by atoms with van der Waals surface area (Å²) in [5.41, 5.74) is 5.74. The topological polar surface area (TPSA) is 65.6 Å². The monoisotopic (exact) mass is 581 g/mol. The predicted octanol–water partition coefficient (Wildman–Crippen LogP) is 5.76. The number of halogens is 1. The summed E-state index contributed by atoms with van der Waals surface area (Å²) in [5, 5.41) is 1.76. The van der Waals surface area contributed by atoms with E-state index in [0.717, 1.165) is 33.3 Å². The first-order valence-electron chi connectivity index (χ1n) is 13.4. The molecule has 0 N–H and O–H groups in total. The molecule has 6 rings (SSSR count). The molecular formula is C33H28ClN3O3S. The summed E-state index contributed by atoms with van der Waals surface area (Å²) in [6.45, 7) is 4.63. The van der Waals surface area contributed by atoms with Gasteiger partial charge >= 0.3 is 5.97 Å². The van der Waals surface area contributed by atoms with Crippen molar-refractivity contribution >= 4 is 45.9 Å². The Balaban J connectivity index is 1.57. The number of hydrogen-bond donors (Lipinski definition) is 0. The zero-order valence-electron chi connectivity index (χ0n) is 22.9. The second-order valence-electron chi connectivity index (χ2n) is 9.89. The molecule has 1 aliphatic heterocycles. The van der Waals surface area contributed by atoms with Gasteiger partial charge in [-0.3, -0.25) is 9.36 Å². The maximum absolute atomic E-state index is 14.1. The van der Waals surface area contributed by atoms with Crippen LogP contribution in [-0.2, 0) is 16.1 Å². The van der Waals surface area contributed by atoms with Gasteiger partial charge in [0, 0.05) is 33.7 Å². The van der Waals surface area contributed by atoms with Crippen LogP contribution in [0.2, 0.25) is 5.02 Å². The summed E-state index contributed by atoms with van der Waals surface area (Å²) >= 11 is 7.85. The van der Waals surface area contributed by atoms with E-state index in [0.29, 0.717) is 38.6 Å². The molecule has 0 bridgehead atoms. The zero-order valence-corrected chi connectivity index (χ0v) is 24.5. The van der Waals surface area contributed by atoms with Crippen molar-refractivity contribution in [3.63, 3.8) is 0 Å². The van der Waals surface area contributed by atoms with E-state index in [-0.39, 0.29) is 5.56 Å². The number of benzene rings is 3. The van der Waals surface area contributed by atoms with E-state index in [1.807, 2.05) is 79.7 Å². The fourth-order valence-corrected chi connectivity index (χ4v) is 6.78. The molecule has 206 valence electrons. The van der Waals surface area contributed by atoms with Crippen LogP contribution < -0.4 is 14.9 Å². The van der Waals surface area contributed by atoms with E-state index < -0.39 is 12.0 Å². The SMILES string of the molecule is CCC1=C(C(=O)OC)[C@H](c2ccccc2)n2c(s/c(=C/c3c(C)n(Cc4ccccc4Cl)c4ccccc34)c2=O)=N1. The number of methoxy groups -OCH3 is 1. The van der Waals surface area contributed by atoms with Crippen molar-refractivity contribution in [3.05, 3.63) is 137 Å². The maximum atomic E-state index is 14.1. The highest BCUT2D eigenvalue weighted by atomic mass is 35.5. The van der Waals surface area contributed by atoms with Crippen molar-refractivity contribution in [1.82, 2.24) is 9.13 Å². The fourth-order valence-electron chi connectivity index (χ4n) is 5.59. The number of carbonyl (C=O) groups excluding carboxylic acids is 1. The summed E-state index contributed by atoms with van der Waals surface area (Å²) in [6, 6.07) is 25.0. The third-order valence-corrected chi connectivity index (χ3v) is 8.96. The summed E-state index contributed by atoms with van der Waals surface area (Å²) in [5.74, 6) is -0.479. The van der Waals surface area contributed by atoms with Crippen LogP contribution in [0.5, 0.6) is 0 Å². The molecule has 0 aliphatic carbocycles. The lowest BCUT2D eigenvalue weighted by molar-refractivity contribution is -0.136. The van der Waals surface area contributed by atoms with Crippen LogP contribution in [0.1, 0.15) is 41.8 Å². The molecule has 3 aromatic carbocycles. The van der Waals surface area contributed by atoms with Gasteiger partial charge in [-0.2, -0.15) is 0 Å². The second kappa shape index (κ2) is 11.0. The number of ether oxygens (including phenoxy) is 1. The Morgan fingerprint density at radius 3 is 2.49 bits per heavy atom. The lowest BCUT2D eigenvalue weighted by Gasteiger charge is -2.25. The van der Waals surface area contributed by atoms with E-state index in [4.69, 9.17) is 21.3 Å². The first kappa shape index (κ1) is 27.0. The number of allylic oxidation sites excluding steroid dienone is 1. The molecule has 1 aliphatic rings. The Labute approximate surface area is 246 Å². The molecule has 41 heavy (non-hydrogen) atoms. The van der Waals surface area contributed by atoms with Crippen LogP contribution in [0.25, 0.3) is 17.0 Å². The Hall–Kier alpha value is -4.20. The van der Waals surface area contributed by atoms with Gasteiger partial charge in [-0.1, -0.05) is 96.6 Å². The molecular weight excluding hydrogens is 554 g/mol. The van der Waals surface area contributed by atoms with Crippen molar-refractivity contribution in [2.45, 2.75) is 32.9 Å². The highest BCUT2D eigenvalue weighted by Gasteiger charge is 2.33. The zero-order chi connectivity index (χ0) is 28.7. The number of thiazole rings is 1. The molecule has 5 aromatic rings. The van der Waals surface area contributed by atoms with E-state index in [1.54, 1.807) is 4.57 Å². The fraction of sp³-hybridized carbons (Fsp3) is 0.182. The molecule has 6 nitrogen and oxygen atoms in total. The molecule has 0 spiro atoms. The number of hydrogen-bond acceptors (Lipinski definition) is 5. The first-order chi connectivity index (χ1) is 19.9. The summed E-state index contributed by atoms with van der Waals surface area (Å²) in [4.78, 5) is 32.5. The highest BCUT2D eigenvalue weighted by molar-refractivity contribution is 7.07. The molecule has 1 atom stereocenters. The van der Waals surface area contributed by atoms with Crippen molar-refractivity contribution in [2.75, 3.05) is 7.11 Å². The van der Waals surface area contributed by atoms with Crippen LogP contribution in [-0.4, -0.2) is 22.2 Å². The molecule has 3 heterocycles. The number of carbonyl (C=O) groups is 1. The molecule has 0 fully saturated rings. The van der Waals surface area contributed by atoms with Gasteiger partial charge in [-0.15, -0.1) is 0 Å². The normalized spacial score (nSPS) is 15.2. The molecule has 8 heteroatoms. The third kappa shape index (κ3) is 4.65. The van der Waals surface area contributed by atoms with Gasteiger partial charge < -0.3 is 9.30 Å². The average molecular weight is 582 g/mol. The Kier molecular flexibility index (Phi) is 7.24. The smallest absolute Gasteiger partial charge is 0.338 e. The minimum atomic E-state index is -0.625. The minimum absolute atomic E-state index is 0.193. The number of rotatable bonds is 6. The average Bonchev–Trinajstić information content (AvgIpc) is 3.45. The Bertz CT molecular complexity index is 2020. The van der Waals surface area contributed by atoms with Gasteiger partial charge in [-0.25, -0.2) is 9.79 Å². The molecule has 0 saturated heterocycles. The van der Waals surface area contributed by atoms with Crippen molar-refractivity contribution in [3.8, 4) is 0 Å². The van der Waals surface area contributed by atoms with Gasteiger partial charge in [0.25, 0.3) is 5.56 Å². The van der Waals surface area contributed by atoms with Gasteiger partial charge in [0.05, 0.1) is 29.0 Å². The summed E-state index contributed by atoms with van der Waals surface area (Å²) in [7, 11) is 1.36. The molecule has 0 radical (unpaired) electrons. The Morgan fingerprint density at radius 1 is 1.05 bits per heavy atom. The van der Waals surface area contributed by atoms with Gasteiger partial charge in [0.1, 0.15) is 0 Å². The van der Waals surface area contributed by atoms with Crippen LogP contribution in [0.3, 0.4) is 0 Å². The van der Waals surface area contributed by atoms with E-state index in [9.17, 15) is 9.59 Å². The molecule has 0 unspecified atom stereocenters. The number of nitrogens with zero attached hydrogens (tertiary/aromatic N) is 3. The van der Waals surface area contributed by atoms with Gasteiger partial charge in [0.2, 0.25) is 0 Å². The van der Waals surface area contributed by atoms with Crippen LogP contribution in [0.15, 0.2) is 99.9 Å². The summed E-state index contributed by atoms with van der Waals surface area (Å²) in [6.07, 6.45) is 2.49. The second-order valence-corrected chi connectivity index (χ2v) is 11.3. The number of esters is 1. The van der Waals surface area contributed by atoms with E-state index >= 15 is 0 Å². The minimum Gasteiger partial charge on any atom is -0.466 e. The van der Waals surface area contributed by atoms with Gasteiger partial charge in [-0.05, 0) is 42.7 Å². The maximum Gasteiger partial charge on any atom is 0.338 e. The highest BCUT2D eigenvalue weighted by Crippen LogP contribution is 2.32. The number of fused-ring (bicyclic) bond motifs is 2. The largest absolute Gasteiger partial charge is 0.466 e. The van der Waals surface area contributed by atoms with Crippen LogP contribution in [0, 0.1) is 6.92 Å². The molecule has 0 saturated carbocycles. The van der Waals surface area contributed by atoms with E-state index in [2.05, 4.69) is 23.6 Å².